The normalized spacial score (nSPS) is 12.5. The Kier molecular flexibility index (Phi) is 6.18. The summed E-state index contributed by atoms with van der Waals surface area (Å²) in [6, 6.07) is 10.8. The van der Waals surface area contributed by atoms with Crippen LogP contribution in [-0.2, 0) is 51.1 Å². The molecular weight excluding hydrogens is 462 g/mol. The highest BCUT2D eigenvalue weighted by atomic mass is 16.5. The van der Waals surface area contributed by atoms with Gasteiger partial charge in [-0.3, -0.25) is 9.36 Å². The van der Waals surface area contributed by atoms with Gasteiger partial charge in [-0.15, -0.1) is 0 Å². The first-order valence-corrected chi connectivity index (χ1v) is 12.7. The van der Waals surface area contributed by atoms with Crippen molar-refractivity contribution in [3.8, 4) is 22.4 Å². The number of hydrogen-bond donors (Lipinski definition) is 0. The van der Waals surface area contributed by atoms with Crippen LogP contribution in [0.3, 0.4) is 0 Å². The molecule has 1 aliphatic carbocycles. The predicted molar refractivity (Wildman–Crippen MR) is 142 cm³/mol. The van der Waals surface area contributed by atoms with E-state index < -0.39 is 0 Å². The number of benzene rings is 1. The van der Waals surface area contributed by atoms with E-state index in [0.717, 1.165) is 48.6 Å². The van der Waals surface area contributed by atoms with Gasteiger partial charge >= 0.3 is 0 Å². The van der Waals surface area contributed by atoms with Crippen LogP contribution in [0.15, 0.2) is 61.3 Å². The monoisotopic (exact) mass is 493 g/mol. The van der Waals surface area contributed by atoms with E-state index in [2.05, 4.69) is 58.5 Å². The van der Waals surface area contributed by atoms with E-state index in [-0.39, 0.29) is 0 Å². The van der Waals surface area contributed by atoms with Crippen LogP contribution in [0.4, 0.5) is 0 Å². The third-order valence-electron chi connectivity index (χ3n) is 7.10. The minimum Gasteiger partial charge on any atom is -0.383 e. The standard InChI is InChI=1S/C29H31N7O/c1-34-18-23-8-7-22-16-30-27(15-25-9-10-36(33-25)11-12-37-3)32-29(22)28(23)26(34)14-20-5-4-6-21(13-20)24-17-31-35(2)19-24/h4-6,9-10,13,16-19H,7-8,11-12,14-15H2,1-3H3. The molecule has 0 saturated heterocycles. The van der Waals surface area contributed by atoms with E-state index in [1.807, 2.05) is 41.1 Å². The largest absolute Gasteiger partial charge is 0.383 e. The highest BCUT2D eigenvalue weighted by molar-refractivity contribution is 5.73. The first-order valence-electron chi connectivity index (χ1n) is 12.7. The molecule has 0 aliphatic heterocycles. The minimum atomic E-state index is 0.609. The van der Waals surface area contributed by atoms with E-state index >= 15 is 0 Å². The van der Waals surface area contributed by atoms with Crippen LogP contribution in [-0.4, -0.2) is 47.8 Å². The molecule has 4 heterocycles. The number of ether oxygens (including phenoxy) is 1. The molecule has 0 spiro atoms. The van der Waals surface area contributed by atoms with Crippen molar-refractivity contribution in [1.29, 1.82) is 0 Å². The van der Waals surface area contributed by atoms with Crippen LogP contribution in [0.1, 0.15) is 33.9 Å². The second kappa shape index (κ2) is 9.78. The number of aryl methyl sites for hydroxylation is 4. The van der Waals surface area contributed by atoms with E-state index in [0.29, 0.717) is 13.0 Å². The van der Waals surface area contributed by atoms with E-state index in [1.165, 1.54) is 33.5 Å². The van der Waals surface area contributed by atoms with Crippen LogP contribution in [0, 0.1) is 0 Å². The molecule has 8 heteroatoms. The highest BCUT2D eigenvalue weighted by Crippen LogP contribution is 2.37. The van der Waals surface area contributed by atoms with Gasteiger partial charge in [0.25, 0.3) is 0 Å². The summed E-state index contributed by atoms with van der Waals surface area (Å²) >= 11 is 0. The van der Waals surface area contributed by atoms with Gasteiger partial charge in [-0.2, -0.15) is 10.2 Å². The van der Waals surface area contributed by atoms with Crippen LogP contribution in [0.25, 0.3) is 22.4 Å². The van der Waals surface area contributed by atoms with Gasteiger partial charge in [0.15, 0.2) is 0 Å². The molecule has 1 aromatic carbocycles. The number of fused-ring (bicyclic) bond motifs is 3. The topological polar surface area (TPSA) is 75.6 Å². The van der Waals surface area contributed by atoms with Gasteiger partial charge < -0.3 is 9.30 Å². The number of nitrogens with zero attached hydrogens (tertiary/aromatic N) is 7. The molecule has 1 aliphatic rings. The number of methoxy groups -OCH3 is 1. The summed E-state index contributed by atoms with van der Waals surface area (Å²) in [4.78, 5) is 9.79. The third-order valence-corrected chi connectivity index (χ3v) is 7.10. The fourth-order valence-corrected chi connectivity index (χ4v) is 5.22. The lowest BCUT2D eigenvalue weighted by Gasteiger charge is -2.18. The molecule has 8 nitrogen and oxygen atoms in total. The van der Waals surface area contributed by atoms with Gasteiger partial charge in [0.05, 0.1) is 37.2 Å². The summed E-state index contributed by atoms with van der Waals surface area (Å²) in [5.74, 6) is 0.803. The lowest BCUT2D eigenvalue weighted by atomic mass is 9.90. The van der Waals surface area contributed by atoms with Crippen LogP contribution >= 0.6 is 0 Å². The van der Waals surface area contributed by atoms with Gasteiger partial charge in [-0.05, 0) is 41.2 Å². The zero-order chi connectivity index (χ0) is 25.4. The fraction of sp³-hybridized carbons (Fsp3) is 0.310. The molecule has 37 heavy (non-hydrogen) atoms. The molecule has 4 aromatic heterocycles. The molecule has 0 unspecified atom stereocenters. The number of hydrogen-bond acceptors (Lipinski definition) is 5. The Hall–Kier alpha value is -4.04. The molecule has 0 atom stereocenters. The average Bonchev–Trinajstić information content (AvgIpc) is 3.62. The molecule has 0 bridgehead atoms. The third kappa shape index (κ3) is 4.72. The van der Waals surface area contributed by atoms with Crippen molar-refractivity contribution in [3.05, 3.63) is 95.2 Å². The second-order valence-electron chi connectivity index (χ2n) is 9.77. The van der Waals surface area contributed by atoms with Crippen molar-refractivity contribution in [2.24, 2.45) is 14.1 Å². The smallest absolute Gasteiger partial charge is 0.134 e. The summed E-state index contributed by atoms with van der Waals surface area (Å²) < 4.78 is 11.2. The molecule has 6 rings (SSSR count). The van der Waals surface area contributed by atoms with Gasteiger partial charge in [0.2, 0.25) is 0 Å². The van der Waals surface area contributed by atoms with Crippen molar-refractivity contribution in [1.82, 2.24) is 34.1 Å². The maximum atomic E-state index is 5.16. The lowest BCUT2D eigenvalue weighted by molar-refractivity contribution is 0.183. The molecule has 188 valence electrons. The number of rotatable bonds is 8. The minimum absolute atomic E-state index is 0.609. The van der Waals surface area contributed by atoms with E-state index in [9.17, 15) is 0 Å². The predicted octanol–water partition coefficient (Wildman–Crippen LogP) is 4.01. The maximum Gasteiger partial charge on any atom is 0.134 e. The molecular formula is C29H31N7O. The summed E-state index contributed by atoms with van der Waals surface area (Å²) in [7, 11) is 5.80. The fourth-order valence-electron chi connectivity index (χ4n) is 5.22. The molecule has 0 radical (unpaired) electrons. The maximum absolute atomic E-state index is 5.16. The van der Waals surface area contributed by atoms with Gasteiger partial charge in [-0.1, -0.05) is 24.3 Å². The van der Waals surface area contributed by atoms with Crippen LogP contribution in [0.5, 0.6) is 0 Å². The number of aromatic nitrogens is 7. The van der Waals surface area contributed by atoms with Crippen molar-refractivity contribution < 1.29 is 4.74 Å². The lowest BCUT2D eigenvalue weighted by Crippen LogP contribution is -2.10. The second-order valence-corrected chi connectivity index (χ2v) is 9.77. The van der Waals surface area contributed by atoms with Crippen LogP contribution < -0.4 is 0 Å². The summed E-state index contributed by atoms with van der Waals surface area (Å²) in [6.07, 6.45) is 13.7. The first-order chi connectivity index (χ1) is 18.1. The van der Waals surface area contributed by atoms with Crippen LogP contribution in [0.2, 0.25) is 0 Å². The quantitative estimate of drug-likeness (QED) is 0.327. The Bertz CT molecular complexity index is 1560. The van der Waals surface area contributed by atoms with Crippen molar-refractivity contribution in [3.63, 3.8) is 0 Å². The molecule has 0 fully saturated rings. The molecule has 0 N–H and O–H groups in total. The Morgan fingerprint density at radius 3 is 2.70 bits per heavy atom. The van der Waals surface area contributed by atoms with Gasteiger partial charge in [0, 0.05) is 69.2 Å². The van der Waals surface area contributed by atoms with Crippen molar-refractivity contribution in [2.75, 3.05) is 13.7 Å². The van der Waals surface area contributed by atoms with Gasteiger partial charge in [-0.25, -0.2) is 9.97 Å². The average molecular weight is 494 g/mol. The Morgan fingerprint density at radius 2 is 1.86 bits per heavy atom. The Labute approximate surface area is 216 Å². The Balaban J connectivity index is 1.31. The van der Waals surface area contributed by atoms with Gasteiger partial charge in [0.1, 0.15) is 5.82 Å². The summed E-state index contributed by atoms with van der Waals surface area (Å²) in [5.41, 5.74) is 10.8. The molecule has 0 saturated carbocycles. The summed E-state index contributed by atoms with van der Waals surface area (Å²) in [5, 5.41) is 8.99. The Morgan fingerprint density at radius 1 is 0.973 bits per heavy atom. The van der Waals surface area contributed by atoms with E-state index in [4.69, 9.17) is 14.7 Å². The molecule has 0 amide bonds. The van der Waals surface area contributed by atoms with E-state index in [1.54, 1.807) is 7.11 Å². The summed E-state index contributed by atoms with van der Waals surface area (Å²) in [6.45, 7) is 1.38. The SMILES string of the molecule is COCCn1ccc(Cc2ncc3c(n2)-c2c(cn(C)c2Cc2cccc(-c4cnn(C)c4)c2)CC3)n1. The first kappa shape index (κ1) is 23.4. The van der Waals surface area contributed by atoms with Crippen molar-refractivity contribution in [2.45, 2.75) is 32.2 Å². The highest BCUT2D eigenvalue weighted by Gasteiger charge is 2.25. The van der Waals surface area contributed by atoms with Crippen molar-refractivity contribution >= 4 is 0 Å². The zero-order valence-electron chi connectivity index (χ0n) is 21.6. The zero-order valence-corrected chi connectivity index (χ0v) is 21.6. The molecule has 5 aromatic rings.